The second-order valence-electron chi connectivity index (χ2n) is 4.39. The van der Waals surface area contributed by atoms with Gasteiger partial charge in [0.15, 0.2) is 6.10 Å². The van der Waals surface area contributed by atoms with Crippen LogP contribution in [0.15, 0.2) is 17.5 Å². The molecule has 0 saturated carbocycles. The van der Waals surface area contributed by atoms with Crippen LogP contribution < -0.4 is 5.32 Å². The molecule has 2 rings (SSSR count). The van der Waals surface area contributed by atoms with E-state index in [1.54, 1.807) is 23.3 Å². The molecule has 0 aliphatic carbocycles. The van der Waals surface area contributed by atoms with E-state index in [1.807, 2.05) is 17.5 Å². The standard InChI is InChI=1S/C13H18N2O3S/c1-14-13(17)11-9-15(6-7-18-11)12(16)5-4-10-3-2-8-19-10/h2-3,8,11H,4-7,9H2,1H3,(H,14,17)/t11-/m0/s1. The van der Waals surface area contributed by atoms with Crippen molar-refractivity contribution in [1.82, 2.24) is 10.2 Å². The summed E-state index contributed by atoms with van der Waals surface area (Å²) in [5.41, 5.74) is 0. The van der Waals surface area contributed by atoms with Crippen LogP contribution in [0.4, 0.5) is 0 Å². The van der Waals surface area contributed by atoms with Crippen molar-refractivity contribution >= 4 is 23.2 Å². The largest absolute Gasteiger partial charge is 0.365 e. The molecule has 0 aromatic carbocycles. The molecule has 1 aromatic heterocycles. The van der Waals surface area contributed by atoms with E-state index in [9.17, 15) is 9.59 Å². The molecule has 1 atom stereocenters. The third-order valence-corrected chi connectivity index (χ3v) is 4.06. The lowest BCUT2D eigenvalue weighted by Crippen LogP contribution is -2.51. The lowest BCUT2D eigenvalue weighted by atomic mass is 10.2. The van der Waals surface area contributed by atoms with Crippen molar-refractivity contribution in [1.29, 1.82) is 0 Å². The summed E-state index contributed by atoms with van der Waals surface area (Å²) >= 11 is 1.66. The Bertz CT molecular complexity index is 433. The molecule has 1 aromatic rings. The second-order valence-corrected chi connectivity index (χ2v) is 5.43. The predicted molar refractivity (Wildman–Crippen MR) is 73.0 cm³/mol. The van der Waals surface area contributed by atoms with Gasteiger partial charge in [0.1, 0.15) is 0 Å². The van der Waals surface area contributed by atoms with Crippen LogP contribution in [0.5, 0.6) is 0 Å². The van der Waals surface area contributed by atoms with Gasteiger partial charge in [0.2, 0.25) is 5.91 Å². The number of thiophene rings is 1. The zero-order valence-electron chi connectivity index (χ0n) is 10.9. The molecule has 1 fully saturated rings. The first-order valence-corrected chi connectivity index (χ1v) is 7.22. The van der Waals surface area contributed by atoms with Crippen LogP contribution in [-0.2, 0) is 20.7 Å². The molecular weight excluding hydrogens is 264 g/mol. The van der Waals surface area contributed by atoms with Crippen molar-refractivity contribution in [2.75, 3.05) is 26.7 Å². The highest BCUT2D eigenvalue weighted by molar-refractivity contribution is 7.09. The van der Waals surface area contributed by atoms with Gasteiger partial charge >= 0.3 is 0 Å². The van der Waals surface area contributed by atoms with Gasteiger partial charge in [0, 0.05) is 24.9 Å². The monoisotopic (exact) mass is 282 g/mol. The van der Waals surface area contributed by atoms with E-state index < -0.39 is 6.10 Å². The number of aryl methyl sites for hydroxylation is 1. The van der Waals surface area contributed by atoms with E-state index in [2.05, 4.69) is 5.32 Å². The van der Waals surface area contributed by atoms with Crippen molar-refractivity contribution in [3.05, 3.63) is 22.4 Å². The SMILES string of the molecule is CNC(=O)[C@@H]1CN(C(=O)CCc2cccs2)CCO1. The molecule has 1 aliphatic heterocycles. The Hall–Kier alpha value is -1.40. The number of nitrogens with zero attached hydrogens (tertiary/aromatic N) is 1. The molecule has 0 bridgehead atoms. The summed E-state index contributed by atoms with van der Waals surface area (Å²) < 4.78 is 5.36. The first-order valence-electron chi connectivity index (χ1n) is 6.34. The Morgan fingerprint density at radius 1 is 1.58 bits per heavy atom. The fourth-order valence-corrected chi connectivity index (χ4v) is 2.75. The summed E-state index contributed by atoms with van der Waals surface area (Å²) in [7, 11) is 1.57. The maximum atomic E-state index is 12.1. The van der Waals surface area contributed by atoms with Crippen LogP contribution in [0.2, 0.25) is 0 Å². The van der Waals surface area contributed by atoms with Gasteiger partial charge in [-0.2, -0.15) is 0 Å². The molecule has 1 aliphatic rings. The van der Waals surface area contributed by atoms with Gasteiger partial charge in [-0.3, -0.25) is 9.59 Å². The van der Waals surface area contributed by atoms with Gasteiger partial charge in [-0.25, -0.2) is 0 Å². The van der Waals surface area contributed by atoms with Gasteiger partial charge in [0.25, 0.3) is 5.91 Å². The minimum Gasteiger partial charge on any atom is -0.365 e. The maximum absolute atomic E-state index is 12.1. The number of nitrogens with one attached hydrogen (secondary N) is 1. The average Bonchev–Trinajstić information content (AvgIpc) is 2.97. The van der Waals surface area contributed by atoms with Crippen molar-refractivity contribution in [3.63, 3.8) is 0 Å². The normalized spacial score (nSPS) is 19.2. The van der Waals surface area contributed by atoms with Crippen LogP contribution in [0.1, 0.15) is 11.3 Å². The van der Waals surface area contributed by atoms with Crippen LogP contribution in [-0.4, -0.2) is 49.6 Å². The van der Waals surface area contributed by atoms with Crippen LogP contribution in [0.25, 0.3) is 0 Å². The van der Waals surface area contributed by atoms with Gasteiger partial charge in [0.05, 0.1) is 13.2 Å². The number of carbonyl (C=O) groups is 2. The Morgan fingerprint density at radius 3 is 3.11 bits per heavy atom. The van der Waals surface area contributed by atoms with Gasteiger partial charge < -0.3 is 15.0 Å². The smallest absolute Gasteiger partial charge is 0.250 e. The molecule has 2 amide bonds. The summed E-state index contributed by atoms with van der Waals surface area (Å²) in [6.45, 7) is 1.34. The Balaban J connectivity index is 1.83. The molecule has 0 spiro atoms. The highest BCUT2D eigenvalue weighted by atomic mass is 32.1. The molecule has 5 nitrogen and oxygen atoms in total. The van der Waals surface area contributed by atoms with Crippen LogP contribution in [0, 0.1) is 0 Å². The number of hydrogen-bond donors (Lipinski definition) is 1. The molecule has 6 heteroatoms. The maximum Gasteiger partial charge on any atom is 0.250 e. The first kappa shape index (κ1) is 14.0. The number of hydrogen-bond acceptors (Lipinski definition) is 4. The minimum atomic E-state index is -0.538. The van der Waals surface area contributed by atoms with Crippen molar-refractivity contribution in [2.45, 2.75) is 18.9 Å². The second kappa shape index (κ2) is 6.68. The number of ether oxygens (including phenoxy) is 1. The minimum absolute atomic E-state index is 0.0885. The van der Waals surface area contributed by atoms with E-state index in [0.29, 0.717) is 26.1 Å². The predicted octanol–water partition coefficient (Wildman–Crippen LogP) is 0.654. The third kappa shape index (κ3) is 3.78. The van der Waals surface area contributed by atoms with E-state index in [1.165, 1.54) is 4.88 Å². The summed E-state index contributed by atoms with van der Waals surface area (Å²) in [5, 5.41) is 4.56. The van der Waals surface area contributed by atoms with Crippen LogP contribution >= 0.6 is 11.3 Å². The summed E-state index contributed by atoms with van der Waals surface area (Å²) in [5.74, 6) is -0.0821. The Morgan fingerprint density at radius 2 is 2.42 bits per heavy atom. The van der Waals surface area contributed by atoms with Crippen LogP contribution in [0.3, 0.4) is 0 Å². The van der Waals surface area contributed by atoms with E-state index in [0.717, 1.165) is 6.42 Å². The molecule has 0 radical (unpaired) electrons. The van der Waals surface area contributed by atoms with Gasteiger partial charge in [-0.05, 0) is 17.9 Å². The molecular formula is C13H18N2O3S. The Labute approximate surface area is 116 Å². The molecule has 1 saturated heterocycles. The highest BCUT2D eigenvalue weighted by Crippen LogP contribution is 2.13. The topological polar surface area (TPSA) is 58.6 Å². The van der Waals surface area contributed by atoms with E-state index in [4.69, 9.17) is 4.74 Å². The lowest BCUT2D eigenvalue weighted by Gasteiger charge is -2.32. The fourth-order valence-electron chi connectivity index (χ4n) is 2.04. The van der Waals surface area contributed by atoms with E-state index >= 15 is 0 Å². The fraction of sp³-hybridized carbons (Fsp3) is 0.538. The quantitative estimate of drug-likeness (QED) is 0.882. The molecule has 1 N–H and O–H groups in total. The highest BCUT2D eigenvalue weighted by Gasteiger charge is 2.28. The molecule has 104 valence electrons. The number of morpholine rings is 1. The first-order chi connectivity index (χ1) is 9.20. The molecule has 19 heavy (non-hydrogen) atoms. The van der Waals surface area contributed by atoms with Crippen molar-refractivity contribution < 1.29 is 14.3 Å². The van der Waals surface area contributed by atoms with E-state index in [-0.39, 0.29) is 11.8 Å². The summed E-state index contributed by atoms with van der Waals surface area (Å²) in [4.78, 5) is 26.5. The zero-order chi connectivity index (χ0) is 13.7. The molecule has 0 unspecified atom stereocenters. The number of carbonyl (C=O) groups excluding carboxylic acids is 2. The number of amides is 2. The molecule has 2 heterocycles. The summed E-state index contributed by atoms with van der Waals surface area (Å²) in [6.07, 6.45) is 0.712. The zero-order valence-corrected chi connectivity index (χ0v) is 11.7. The summed E-state index contributed by atoms with van der Waals surface area (Å²) in [6, 6.07) is 4.02. The lowest BCUT2D eigenvalue weighted by molar-refractivity contribution is -0.146. The third-order valence-electron chi connectivity index (χ3n) is 3.12. The van der Waals surface area contributed by atoms with Gasteiger partial charge in [-0.15, -0.1) is 11.3 Å². The number of likely N-dealkylation sites (N-methyl/N-ethyl adjacent to an activating group) is 1. The average molecular weight is 282 g/mol. The Kier molecular flexibility index (Phi) is 4.93. The van der Waals surface area contributed by atoms with Crippen molar-refractivity contribution in [2.24, 2.45) is 0 Å². The van der Waals surface area contributed by atoms with Crippen molar-refractivity contribution in [3.8, 4) is 0 Å². The van der Waals surface area contributed by atoms with Gasteiger partial charge in [-0.1, -0.05) is 6.07 Å². The number of rotatable bonds is 4.